The summed E-state index contributed by atoms with van der Waals surface area (Å²) in [6.45, 7) is 4.47. The number of rotatable bonds is 2. The monoisotopic (exact) mass is 211 g/mol. The maximum Gasteiger partial charge on any atom is 0.366 e. The number of nitro groups is 1. The Morgan fingerprint density at radius 3 is 3.20 bits per heavy atom. The van der Waals surface area contributed by atoms with E-state index in [9.17, 15) is 10.1 Å². The third-order valence-corrected chi connectivity index (χ3v) is 2.59. The third kappa shape index (κ3) is 1.78. The third-order valence-electron chi connectivity index (χ3n) is 2.59. The molecule has 2 N–H and O–H groups in total. The molecule has 0 bridgehead atoms. The van der Waals surface area contributed by atoms with Crippen LogP contribution in [0.4, 0.5) is 11.5 Å². The Labute approximate surface area is 86.6 Å². The van der Waals surface area contributed by atoms with E-state index in [0.29, 0.717) is 5.69 Å². The van der Waals surface area contributed by atoms with Crippen molar-refractivity contribution in [1.29, 1.82) is 0 Å². The number of anilines is 1. The average Bonchev–Trinajstić information content (AvgIpc) is 2.67. The van der Waals surface area contributed by atoms with Crippen LogP contribution in [0.2, 0.25) is 0 Å². The van der Waals surface area contributed by atoms with Crippen LogP contribution in [0.5, 0.6) is 0 Å². The second-order valence-corrected chi connectivity index (χ2v) is 3.61. The Balaban J connectivity index is 2.27. The van der Waals surface area contributed by atoms with Gasteiger partial charge in [-0.1, -0.05) is 5.10 Å². The minimum atomic E-state index is -0.433. The zero-order valence-electron chi connectivity index (χ0n) is 8.43. The van der Waals surface area contributed by atoms with Gasteiger partial charge in [0.05, 0.1) is 0 Å². The number of hydrogen-bond acceptors (Lipinski definition) is 5. The van der Waals surface area contributed by atoms with Crippen molar-refractivity contribution in [3.63, 3.8) is 0 Å². The van der Waals surface area contributed by atoms with Gasteiger partial charge in [-0.25, -0.2) is 0 Å². The molecule has 0 radical (unpaired) electrons. The topological polar surface area (TPSA) is 87.1 Å². The summed E-state index contributed by atoms with van der Waals surface area (Å²) < 4.78 is 0. The van der Waals surface area contributed by atoms with E-state index in [-0.39, 0.29) is 11.9 Å². The van der Waals surface area contributed by atoms with Gasteiger partial charge >= 0.3 is 5.82 Å². The highest BCUT2D eigenvalue weighted by Gasteiger charge is 2.26. The molecule has 0 aliphatic carbocycles. The normalized spacial score (nSPS) is 21.7. The molecule has 1 unspecified atom stereocenters. The molecule has 1 fully saturated rings. The summed E-state index contributed by atoms with van der Waals surface area (Å²) in [5.41, 5.74) is 0.578. The molecule has 1 aliphatic heterocycles. The number of aromatic amines is 1. The highest BCUT2D eigenvalue weighted by atomic mass is 16.6. The standard InChI is InChI=1S/C8H13N5O2/c1-6-4-9-2-3-12(6)7-5-10-11-8(7)13(14)15/h5-6,9H,2-4H2,1H3,(H,10,11). The van der Waals surface area contributed by atoms with Crippen molar-refractivity contribution in [1.82, 2.24) is 15.5 Å². The van der Waals surface area contributed by atoms with Crippen molar-refractivity contribution >= 4 is 11.5 Å². The summed E-state index contributed by atoms with van der Waals surface area (Å²) >= 11 is 0. The van der Waals surface area contributed by atoms with Crippen molar-refractivity contribution < 1.29 is 4.92 Å². The molecule has 0 aromatic carbocycles. The lowest BCUT2D eigenvalue weighted by molar-refractivity contribution is -0.388. The number of hydrogen-bond donors (Lipinski definition) is 2. The van der Waals surface area contributed by atoms with E-state index in [1.54, 1.807) is 0 Å². The molecular formula is C8H13N5O2. The first-order valence-electron chi connectivity index (χ1n) is 4.85. The fourth-order valence-corrected chi connectivity index (χ4v) is 1.82. The number of H-pyrrole nitrogens is 1. The molecule has 1 aromatic rings. The van der Waals surface area contributed by atoms with Gasteiger partial charge in [0.2, 0.25) is 0 Å². The van der Waals surface area contributed by atoms with Gasteiger partial charge in [-0.15, -0.1) is 5.10 Å². The van der Waals surface area contributed by atoms with E-state index in [4.69, 9.17) is 0 Å². The van der Waals surface area contributed by atoms with Gasteiger partial charge in [-0.3, -0.25) is 0 Å². The summed E-state index contributed by atoms with van der Waals surface area (Å²) in [6, 6.07) is 0.245. The second kappa shape index (κ2) is 3.85. The van der Waals surface area contributed by atoms with Gasteiger partial charge in [0.15, 0.2) is 5.69 Å². The largest absolute Gasteiger partial charge is 0.366 e. The van der Waals surface area contributed by atoms with Crippen LogP contribution >= 0.6 is 0 Å². The van der Waals surface area contributed by atoms with E-state index in [0.717, 1.165) is 19.6 Å². The molecule has 1 aromatic heterocycles. The van der Waals surface area contributed by atoms with Crippen LogP contribution in [0.3, 0.4) is 0 Å². The van der Waals surface area contributed by atoms with Gasteiger partial charge < -0.3 is 20.3 Å². The molecule has 7 nitrogen and oxygen atoms in total. The van der Waals surface area contributed by atoms with Crippen LogP contribution in [0.25, 0.3) is 0 Å². The molecule has 1 saturated heterocycles. The maximum absolute atomic E-state index is 10.7. The average molecular weight is 211 g/mol. The Hall–Kier alpha value is -1.63. The van der Waals surface area contributed by atoms with Gasteiger partial charge in [0.25, 0.3) is 0 Å². The van der Waals surface area contributed by atoms with Crippen molar-refractivity contribution in [2.45, 2.75) is 13.0 Å². The Morgan fingerprint density at radius 1 is 1.73 bits per heavy atom. The number of nitrogens with one attached hydrogen (secondary N) is 2. The smallest absolute Gasteiger partial charge is 0.358 e. The van der Waals surface area contributed by atoms with Crippen molar-refractivity contribution in [3.8, 4) is 0 Å². The molecule has 0 amide bonds. The highest BCUT2D eigenvalue weighted by Crippen LogP contribution is 2.26. The Bertz CT molecular complexity index is 364. The van der Waals surface area contributed by atoms with Crippen molar-refractivity contribution in [2.75, 3.05) is 24.5 Å². The lowest BCUT2D eigenvalue weighted by Crippen LogP contribution is -2.50. The van der Waals surface area contributed by atoms with Gasteiger partial charge in [-0.05, 0) is 11.8 Å². The molecule has 7 heteroatoms. The van der Waals surface area contributed by atoms with E-state index in [1.807, 2.05) is 11.8 Å². The first-order valence-corrected chi connectivity index (χ1v) is 4.85. The van der Waals surface area contributed by atoms with Crippen molar-refractivity contribution in [2.24, 2.45) is 0 Å². The first kappa shape index (κ1) is 9.91. The molecule has 1 atom stereocenters. The molecule has 2 heterocycles. The minimum Gasteiger partial charge on any atom is -0.358 e. The Morgan fingerprint density at radius 2 is 2.53 bits per heavy atom. The molecule has 0 saturated carbocycles. The van der Waals surface area contributed by atoms with Gasteiger partial charge in [0, 0.05) is 25.7 Å². The summed E-state index contributed by atoms with van der Waals surface area (Å²) in [5.74, 6) is -0.0243. The van der Waals surface area contributed by atoms with Gasteiger partial charge in [-0.2, -0.15) is 0 Å². The first-order chi connectivity index (χ1) is 7.20. The quantitative estimate of drug-likeness (QED) is 0.535. The zero-order chi connectivity index (χ0) is 10.8. The predicted octanol–water partition coefficient (Wildman–Crippen LogP) is 0.116. The summed E-state index contributed by atoms with van der Waals surface area (Å²) in [7, 11) is 0. The fraction of sp³-hybridized carbons (Fsp3) is 0.625. The molecule has 15 heavy (non-hydrogen) atoms. The fourth-order valence-electron chi connectivity index (χ4n) is 1.82. The van der Waals surface area contributed by atoms with E-state index < -0.39 is 4.92 Å². The number of aromatic nitrogens is 2. The van der Waals surface area contributed by atoms with Crippen LogP contribution in [-0.4, -0.2) is 40.8 Å². The SMILES string of the molecule is CC1CNCCN1c1cn[nH]c1[N+](=O)[O-]. The summed E-state index contributed by atoms with van der Waals surface area (Å²) in [4.78, 5) is 12.3. The molecule has 82 valence electrons. The molecular weight excluding hydrogens is 198 g/mol. The second-order valence-electron chi connectivity index (χ2n) is 3.61. The van der Waals surface area contributed by atoms with E-state index in [1.165, 1.54) is 6.20 Å². The number of nitrogens with zero attached hydrogens (tertiary/aromatic N) is 3. The van der Waals surface area contributed by atoms with Crippen LogP contribution < -0.4 is 10.2 Å². The van der Waals surface area contributed by atoms with Crippen LogP contribution in [0.15, 0.2) is 6.20 Å². The van der Waals surface area contributed by atoms with Crippen LogP contribution in [0, 0.1) is 10.1 Å². The van der Waals surface area contributed by atoms with Crippen LogP contribution in [0.1, 0.15) is 6.92 Å². The minimum absolute atomic E-state index is 0.0243. The zero-order valence-corrected chi connectivity index (χ0v) is 8.43. The maximum atomic E-state index is 10.7. The summed E-state index contributed by atoms with van der Waals surface area (Å²) in [5, 5.41) is 20.1. The predicted molar refractivity (Wildman–Crippen MR) is 54.9 cm³/mol. The Kier molecular flexibility index (Phi) is 2.55. The summed E-state index contributed by atoms with van der Waals surface area (Å²) in [6.07, 6.45) is 1.51. The van der Waals surface area contributed by atoms with Gasteiger partial charge in [0.1, 0.15) is 6.20 Å². The lowest BCUT2D eigenvalue weighted by atomic mass is 10.2. The molecule has 0 spiro atoms. The molecule has 1 aliphatic rings. The number of piperazine rings is 1. The van der Waals surface area contributed by atoms with E-state index >= 15 is 0 Å². The van der Waals surface area contributed by atoms with E-state index in [2.05, 4.69) is 15.5 Å². The van der Waals surface area contributed by atoms with Crippen LogP contribution in [-0.2, 0) is 0 Å². The lowest BCUT2D eigenvalue weighted by Gasteiger charge is -2.34. The molecule has 2 rings (SSSR count). The van der Waals surface area contributed by atoms with Crippen molar-refractivity contribution in [3.05, 3.63) is 16.3 Å². The highest BCUT2D eigenvalue weighted by molar-refractivity contribution is 5.58.